The van der Waals surface area contributed by atoms with Crippen molar-refractivity contribution in [1.29, 1.82) is 0 Å². The monoisotopic (exact) mass is 354 g/mol. The Morgan fingerprint density at radius 1 is 1.24 bits per heavy atom. The fourth-order valence-electron chi connectivity index (χ4n) is 1.84. The van der Waals surface area contributed by atoms with E-state index in [1.54, 1.807) is 20.1 Å². The number of rotatable bonds is 5. The van der Waals surface area contributed by atoms with Crippen LogP contribution in [0.1, 0.15) is 6.92 Å². The topological polar surface area (TPSA) is 56.5 Å². The normalized spacial score (nSPS) is 10.3. The summed E-state index contributed by atoms with van der Waals surface area (Å²) in [5, 5.41) is 3.13. The number of halogens is 2. The fraction of sp³-hybridized carbons (Fsp3) is 0.200. The van der Waals surface area contributed by atoms with E-state index in [0.717, 1.165) is 10.2 Å². The molecule has 4 nitrogen and oxygen atoms in total. The minimum atomic E-state index is -0.478. The molecule has 0 aromatic heterocycles. The maximum Gasteiger partial charge on any atom is 0.167 e. The summed E-state index contributed by atoms with van der Waals surface area (Å²) in [7, 11) is 1.59. The molecule has 0 spiro atoms. The lowest BCUT2D eigenvalue weighted by atomic mass is 10.2. The van der Waals surface area contributed by atoms with Gasteiger partial charge in [-0.3, -0.25) is 0 Å². The van der Waals surface area contributed by atoms with Crippen molar-refractivity contribution in [2.75, 3.05) is 24.8 Å². The average molecular weight is 355 g/mol. The van der Waals surface area contributed by atoms with Crippen molar-refractivity contribution in [1.82, 2.24) is 0 Å². The minimum absolute atomic E-state index is 0.165. The first-order valence-electron chi connectivity index (χ1n) is 6.37. The number of benzene rings is 2. The van der Waals surface area contributed by atoms with E-state index in [0.29, 0.717) is 23.7 Å². The highest BCUT2D eigenvalue weighted by Gasteiger charge is 2.10. The second kappa shape index (κ2) is 6.67. The number of nitrogens with two attached hydrogens (primary N) is 1. The molecule has 0 unspecified atom stereocenters. The van der Waals surface area contributed by atoms with Crippen molar-refractivity contribution in [2.45, 2.75) is 6.92 Å². The Bertz CT molecular complexity index is 650. The molecule has 0 saturated heterocycles. The maximum atomic E-state index is 13.7. The average Bonchev–Trinajstić information content (AvgIpc) is 2.46. The molecule has 0 fully saturated rings. The van der Waals surface area contributed by atoms with Gasteiger partial charge in [0.1, 0.15) is 5.75 Å². The molecule has 3 N–H and O–H groups in total. The van der Waals surface area contributed by atoms with Crippen molar-refractivity contribution in [3.05, 3.63) is 40.6 Å². The third-order valence-electron chi connectivity index (χ3n) is 2.83. The third-order valence-corrected chi connectivity index (χ3v) is 3.49. The first-order chi connectivity index (χ1) is 10.0. The van der Waals surface area contributed by atoms with Crippen LogP contribution in [-0.4, -0.2) is 13.7 Å². The van der Waals surface area contributed by atoms with Crippen LogP contribution >= 0.6 is 15.9 Å². The summed E-state index contributed by atoms with van der Waals surface area (Å²) in [6, 6.07) is 8.30. The second-order valence-corrected chi connectivity index (χ2v) is 5.13. The first kappa shape index (κ1) is 15.4. The molecule has 0 bridgehead atoms. The molecule has 112 valence electrons. The zero-order valence-corrected chi connectivity index (χ0v) is 13.3. The lowest BCUT2D eigenvalue weighted by molar-refractivity contribution is 0.322. The predicted molar refractivity (Wildman–Crippen MR) is 86.0 cm³/mol. The molecule has 6 heteroatoms. The van der Waals surface area contributed by atoms with Gasteiger partial charge in [0.05, 0.1) is 29.6 Å². The molecule has 0 heterocycles. The van der Waals surface area contributed by atoms with Gasteiger partial charge in [0.2, 0.25) is 0 Å². The molecule has 2 rings (SSSR count). The summed E-state index contributed by atoms with van der Waals surface area (Å²) in [6.07, 6.45) is 0. The van der Waals surface area contributed by atoms with Crippen LogP contribution in [0.25, 0.3) is 0 Å². The molecule has 0 aliphatic carbocycles. The predicted octanol–water partition coefficient (Wildman–Crippen LogP) is 4.32. The fourth-order valence-corrected chi connectivity index (χ4v) is 2.24. The zero-order valence-electron chi connectivity index (χ0n) is 11.7. The smallest absolute Gasteiger partial charge is 0.167 e. The molecule has 0 amide bonds. The summed E-state index contributed by atoms with van der Waals surface area (Å²) in [4.78, 5) is 0. The number of anilines is 3. The molecule has 0 saturated carbocycles. The molecule has 2 aromatic rings. The van der Waals surface area contributed by atoms with Crippen molar-refractivity contribution in [3.63, 3.8) is 0 Å². The Labute approximate surface area is 131 Å². The number of nitrogens with one attached hydrogen (secondary N) is 1. The van der Waals surface area contributed by atoms with Gasteiger partial charge in [-0.25, -0.2) is 4.39 Å². The van der Waals surface area contributed by atoms with Gasteiger partial charge in [0, 0.05) is 23.9 Å². The van der Waals surface area contributed by atoms with E-state index in [2.05, 4.69) is 21.2 Å². The van der Waals surface area contributed by atoms with Crippen molar-refractivity contribution < 1.29 is 13.9 Å². The van der Waals surface area contributed by atoms with E-state index in [1.165, 1.54) is 6.07 Å². The van der Waals surface area contributed by atoms with E-state index in [1.807, 2.05) is 18.2 Å². The summed E-state index contributed by atoms with van der Waals surface area (Å²) >= 11 is 3.39. The Morgan fingerprint density at radius 2 is 2.00 bits per heavy atom. The number of ether oxygens (including phenoxy) is 2. The first-order valence-corrected chi connectivity index (χ1v) is 7.16. The van der Waals surface area contributed by atoms with Crippen molar-refractivity contribution in [3.8, 4) is 11.5 Å². The van der Waals surface area contributed by atoms with E-state index in [4.69, 9.17) is 15.2 Å². The van der Waals surface area contributed by atoms with Crippen LogP contribution < -0.4 is 20.5 Å². The number of hydrogen-bond donors (Lipinski definition) is 2. The van der Waals surface area contributed by atoms with E-state index in [-0.39, 0.29) is 5.75 Å². The second-order valence-electron chi connectivity index (χ2n) is 4.28. The Hall–Kier alpha value is -1.95. The van der Waals surface area contributed by atoms with Crippen LogP contribution in [0.5, 0.6) is 11.5 Å². The van der Waals surface area contributed by atoms with Gasteiger partial charge in [-0.15, -0.1) is 0 Å². The van der Waals surface area contributed by atoms with Gasteiger partial charge in [-0.1, -0.05) is 0 Å². The summed E-state index contributed by atoms with van der Waals surface area (Å²) in [6.45, 7) is 2.18. The zero-order chi connectivity index (χ0) is 15.4. The molecule has 0 radical (unpaired) electrons. The van der Waals surface area contributed by atoms with Crippen LogP contribution in [0.15, 0.2) is 34.8 Å². The Morgan fingerprint density at radius 3 is 2.67 bits per heavy atom. The number of nitrogen functional groups attached to an aromatic ring is 1. The molecular formula is C15H16BrFN2O2. The summed E-state index contributed by atoms with van der Waals surface area (Å²) < 4.78 is 25.0. The quantitative estimate of drug-likeness (QED) is 0.785. The molecular weight excluding hydrogens is 339 g/mol. The molecule has 0 atom stereocenters. The highest BCUT2D eigenvalue weighted by molar-refractivity contribution is 9.10. The highest BCUT2D eigenvalue weighted by atomic mass is 79.9. The van der Waals surface area contributed by atoms with Crippen molar-refractivity contribution >= 4 is 33.0 Å². The SMILES string of the molecule is CCOc1cc(Nc2ccc(Br)c(OC)c2)c(N)cc1F. The lowest BCUT2D eigenvalue weighted by Gasteiger charge is -2.13. The maximum absolute atomic E-state index is 13.7. The molecule has 0 aliphatic rings. The van der Waals surface area contributed by atoms with Crippen LogP contribution in [-0.2, 0) is 0 Å². The van der Waals surface area contributed by atoms with E-state index in [9.17, 15) is 4.39 Å². The molecule has 2 aromatic carbocycles. The highest BCUT2D eigenvalue weighted by Crippen LogP contribution is 2.33. The lowest BCUT2D eigenvalue weighted by Crippen LogP contribution is -2.01. The largest absolute Gasteiger partial charge is 0.495 e. The third kappa shape index (κ3) is 3.58. The van der Waals surface area contributed by atoms with Crippen LogP contribution in [0.2, 0.25) is 0 Å². The van der Waals surface area contributed by atoms with Crippen LogP contribution in [0.3, 0.4) is 0 Å². The summed E-state index contributed by atoms with van der Waals surface area (Å²) in [5.74, 6) is 0.372. The van der Waals surface area contributed by atoms with Crippen molar-refractivity contribution in [2.24, 2.45) is 0 Å². The Balaban J connectivity index is 2.32. The number of hydrogen-bond acceptors (Lipinski definition) is 4. The Kier molecular flexibility index (Phi) is 4.90. The summed E-state index contributed by atoms with van der Waals surface area (Å²) in [5.41, 5.74) is 7.49. The van der Waals surface area contributed by atoms with Gasteiger partial charge in [-0.05, 0) is 35.0 Å². The minimum Gasteiger partial charge on any atom is -0.495 e. The number of methoxy groups -OCH3 is 1. The molecule has 0 aliphatic heterocycles. The molecule has 21 heavy (non-hydrogen) atoms. The van der Waals surface area contributed by atoms with Gasteiger partial charge >= 0.3 is 0 Å². The van der Waals surface area contributed by atoms with Gasteiger partial charge in [0.15, 0.2) is 11.6 Å². The van der Waals surface area contributed by atoms with Crippen LogP contribution in [0, 0.1) is 5.82 Å². The van der Waals surface area contributed by atoms with E-state index < -0.39 is 5.82 Å². The van der Waals surface area contributed by atoms with Gasteiger partial charge in [-0.2, -0.15) is 0 Å². The van der Waals surface area contributed by atoms with Gasteiger partial charge in [0.25, 0.3) is 0 Å². The van der Waals surface area contributed by atoms with E-state index >= 15 is 0 Å². The van der Waals surface area contributed by atoms with Gasteiger partial charge < -0.3 is 20.5 Å². The van der Waals surface area contributed by atoms with Crippen LogP contribution in [0.4, 0.5) is 21.5 Å². The standard InChI is InChI=1S/C15H16BrFN2O2/c1-3-21-15-8-13(12(18)7-11(15)17)19-9-4-5-10(16)14(6-9)20-2/h4-8,19H,3,18H2,1-2H3.